The van der Waals surface area contributed by atoms with E-state index >= 15 is 0 Å². The quantitative estimate of drug-likeness (QED) is 0.668. The van der Waals surface area contributed by atoms with Gasteiger partial charge in [-0.2, -0.15) is 0 Å². The summed E-state index contributed by atoms with van der Waals surface area (Å²) in [4.78, 5) is 2.45. The van der Waals surface area contributed by atoms with Gasteiger partial charge in [-0.3, -0.25) is 0 Å². The van der Waals surface area contributed by atoms with Gasteiger partial charge in [-0.25, -0.2) is 0 Å². The zero-order valence-electron chi connectivity index (χ0n) is 11.6. The number of likely N-dealkylation sites (N-methyl/N-ethyl adjacent to an activating group) is 1. The minimum Gasteiger partial charge on any atom is -0.311 e. The lowest BCUT2D eigenvalue weighted by atomic mass is 10.0. The van der Waals surface area contributed by atoms with Gasteiger partial charge in [0.1, 0.15) is 0 Å². The van der Waals surface area contributed by atoms with Crippen LogP contribution in [0.15, 0.2) is 0 Å². The van der Waals surface area contributed by atoms with Gasteiger partial charge in [0.2, 0.25) is 0 Å². The van der Waals surface area contributed by atoms with Gasteiger partial charge >= 0.3 is 0 Å². The van der Waals surface area contributed by atoms with Crippen LogP contribution in [0.3, 0.4) is 0 Å². The molecule has 1 unspecified atom stereocenters. The van der Waals surface area contributed by atoms with Crippen molar-refractivity contribution in [2.45, 2.75) is 65.5 Å². The van der Waals surface area contributed by atoms with E-state index in [0.717, 1.165) is 13.1 Å². The summed E-state index contributed by atoms with van der Waals surface area (Å²) in [6, 6.07) is 0.710. The largest absolute Gasteiger partial charge is 0.311 e. The van der Waals surface area contributed by atoms with Gasteiger partial charge in [0.15, 0.2) is 0 Å². The van der Waals surface area contributed by atoms with Crippen molar-refractivity contribution in [1.29, 1.82) is 0 Å². The summed E-state index contributed by atoms with van der Waals surface area (Å²) >= 11 is 0. The van der Waals surface area contributed by atoms with Gasteiger partial charge in [0.25, 0.3) is 0 Å². The Morgan fingerprint density at radius 2 is 1.87 bits per heavy atom. The third-order valence-electron chi connectivity index (χ3n) is 3.41. The summed E-state index contributed by atoms with van der Waals surface area (Å²) in [6.07, 6.45) is 3.76. The Balaban J connectivity index is 3.67. The summed E-state index contributed by atoms with van der Waals surface area (Å²) < 4.78 is 0. The maximum absolute atomic E-state index is 3.59. The van der Waals surface area contributed by atoms with Crippen LogP contribution in [-0.2, 0) is 0 Å². The molecule has 0 aromatic rings. The zero-order chi connectivity index (χ0) is 11.9. The van der Waals surface area contributed by atoms with Crippen LogP contribution < -0.4 is 5.32 Å². The molecule has 2 heteroatoms. The molecule has 1 atom stereocenters. The molecule has 0 aromatic heterocycles. The lowest BCUT2D eigenvalue weighted by molar-refractivity contribution is 0.233. The summed E-state index contributed by atoms with van der Waals surface area (Å²) in [5.74, 6) is 0. The molecule has 0 fully saturated rings. The highest BCUT2D eigenvalue weighted by Crippen LogP contribution is 2.07. The molecule has 0 spiro atoms. The smallest absolute Gasteiger partial charge is 0.0123 e. The number of nitrogens with one attached hydrogen (secondary N) is 1. The molecule has 0 aliphatic carbocycles. The average molecular weight is 214 g/mol. The maximum atomic E-state index is 3.59. The van der Waals surface area contributed by atoms with Crippen LogP contribution >= 0.6 is 0 Å². The Labute approximate surface area is 96.4 Å². The lowest BCUT2D eigenvalue weighted by Crippen LogP contribution is -2.43. The summed E-state index contributed by atoms with van der Waals surface area (Å²) in [6.45, 7) is 13.6. The molecule has 0 saturated carbocycles. The summed E-state index contributed by atoms with van der Waals surface area (Å²) in [5, 5.41) is 3.59. The molecule has 0 aliphatic rings. The maximum Gasteiger partial charge on any atom is 0.0123 e. The predicted octanol–water partition coefficient (Wildman–Crippen LogP) is 2.89. The molecule has 0 saturated heterocycles. The van der Waals surface area contributed by atoms with E-state index in [0.29, 0.717) is 6.04 Å². The predicted molar refractivity (Wildman–Crippen MR) is 69.4 cm³/mol. The van der Waals surface area contributed by atoms with E-state index < -0.39 is 0 Å². The van der Waals surface area contributed by atoms with Gasteiger partial charge in [-0.1, -0.05) is 20.3 Å². The lowest BCUT2D eigenvalue weighted by Gasteiger charge is -2.29. The van der Waals surface area contributed by atoms with E-state index in [1.807, 2.05) is 0 Å². The monoisotopic (exact) mass is 214 g/mol. The van der Waals surface area contributed by atoms with Crippen LogP contribution in [0.4, 0.5) is 0 Å². The van der Waals surface area contributed by atoms with Crippen molar-refractivity contribution < 1.29 is 0 Å². The molecule has 2 nitrogen and oxygen atoms in total. The standard InChI is InChI=1S/C13H30N2/c1-7-9-12(3)15(6)11-10-14-13(4,5)8-2/h12,14H,7-11H2,1-6H3. The second-order valence-electron chi connectivity index (χ2n) is 5.28. The fraction of sp³-hybridized carbons (Fsp3) is 1.00. The molecule has 0 heterocycles. The Kier molecular flexibility index (Phi) is 7.20. The van der Waals surface area contributed by atoms with Gasteiger partial charge in [-0.15, -0.1) is 0 Å². The molecule has 0 bridgehead atoms. The van der Waals surface area contributed by atoms with Crippen molar-refractivity contribution in [3.8, 4) is 0 Å². The highest BCUT2D eigenvalue weighted by atomic mass is 15.1. The number of nitrogens with zero attached hydrogens (tertiary/aromatic N) is 1. The molecule has 0 amide bonds. The fourth-order valence-corrected chi connectivity index (χ4v) is 1.55. The molecular weight excluding hydrogens is 184 g/mol. The van der Waals surface area contributed by atoms with Crippen molar-refractivity contribution >= 4 is 0 Å². The number of rotatable bonds is 8. The Morgan fingerprint density at radius 3 is 2.33 bits per heavy atom. The Bertz CT molecular complexity index is 155. The third kappa shape index (κ3) is 6.91. The second kappa shape index (κ2) is 7.24. The third-order valence-corrected chi connectivity index (χ3v) is 3.41. The highest BCUT2D eigenvalue weighted by Gasteiger charge is 2.14. The molecule has 0 radical (unpaired) electrons. The molecule has 1 N–H and O–H groups in total. The van der Waals surface area contributed by atoms with Crippen molar-refractivity contribution in [3.05, 3.63) is 0 Å². The first kappa shape index (κ1) is 14.9. The molecule has 15 heavy (non-hydrogen) atoms. The number of hydrogen-bond donors (Lipinski definition) is 1. The second-order valence-corrected chi connectivity index (χ2v) is 5.28. The van der Waals surface area contributed by atoms with Gasteiger partial charge in [-0.05, 0) is 40.7 Å². The first-order chi connectivity index (χ1) is 6.93. The minimum absolute atomic E-state index is 0.287. The summed E-state index contributed by atoms with van der Waals surface area (Å²) in [5.41, 5.74) is 0.287. The van der Waals surface area contributed by atoms with Crippen LogP contribution in [0.25, 0.3) is 0 Å². The van der Waals surface area contributed by atoms with Crippen molar-refractivity contribution in [2.75, 3.05) is 20.1 Å². The van der Waals surface area contributed by atoms with Gasteiger partial charge < -0.3 is 10.2 Å². The highest BCUT2D eigenvalue weighted by molar-refractivity contribution is 4.76. The minimum atomic E-state index is 0.287. The van der Waals surface area contributed by atoms with E-state index in [-0.39, 0.29) is 5.54 Å². The van der Waals surface area contributed by atoms with Crippen molar-refractivity contribution in [2.24, 2.45) is 0 Å². The van der Waals surface area contributed by atoms with Crippen LogP contribution in [0.1, 0.15) is 53.9 Å². The topological polar surface area (TPSA) is 15.3 Å². The van der Waals surface area contributed by atoms with E-state index in [1.165, 1.54) is 19.3 Å². The first-order valence-electron chi connectivity index (χ1n) is 6.38. The van der Waals surface area contributed by atoms with Crippen LogP contribution in [-0.4, -0.2) is 36.6 Å². The van der Waals surface area contributed by atoms with E-state index in [1.54, 1.807) is 0 Å². The molecule has 92 valence electrons. The van der Waals surface area contributed by atoms with Crippen LogP contribution in [0.5, 0.6) is 0 Å². The van der Waals surface area contributed by atoms with Crippen molar-refractivity contribution in [3.63, 3.8) is 0 Å². The summed E-state index contributed by atoms with van der Waals surface area (Å²) in [7, 11) is 2.22. The van der Waals surface area contributed by atoms with E-state index in [4.69, 9.17) is 0 Å². The SMILES string of the molecule is CCCC(C)N(C)CCNC(C)(C)CC. The van der Waals surface area contributed by atoms with Gasteiger partial charge in [0, 0.05) is 24.7 Å². The van der Waals surface area contributed by atoms with E-state index in [9.17, 15) is 0 Å². The fourth-order valence-electron chi connectivity index (χ4n) is 1.55. The normalized spacial score (nSPS) is 14.6. The molecular formula is C13H30N2. The van der Waals surface area contributed by atoms with E-state index in [2.05, 4.69) is 51.9 Å². The molecule has 0 aliphatic heterocycles. The Morgan fingerprint density at radius 1 is 1.27 bits per heavy atom. The van der Waals surface area contributed by atoms with Crippen molar-refractivity contribution in [1.82, 2.24) is 10.2 Å². The zero-order valence-corrected chi connectivity index (χ0v) is 11.6. The molecule has 0 rings (SSSR count). The molecule has 0 aromatic carbocycles. The first-order valence-corrected chi connectivity index (χ1v) is 6.38. The average Bonchev–Trinajstić information content (AvgIpc) is 2.18. The number of hydrogen-bond acceptors (Lipinski definition) is 2. The van der Waals surface area contributed by atoms with Gasteiger partial charge in [0.05, 0.1) is 0 Å². The Hall–Kier alpha value is -0.0800. The van der Waals surface area contributed by atoms with Crippen LogP contribution in [0, 0.1) is 0 Å². The van der Waals surface area contributed by atoms with Crippen LogP contribution in [0.2, 0.25) is 0 Å².